The number of piperidine rings is 1. The topological polar surface area (TPSA) is 19.4 Å². The first-order chi connectivity index (χ1) is 12.2. The first kappa shape index (κ1) is 15.4. The van der Waals surface area contributed by atoms with Gasteiger partial charge in [0.15, 0.2) is 0 Å². The Balaban J connectivity index is 1.45. The summed E-state index contributed by atoms with van der Waals surface area (Å²) >= 11 is 0. The van der Waals surface area contributed by atoms with Crippen LogP contribution in [0.4, 0.5) is 5.69 Å². The third-order valence-corrected chi connectivity index (χ3v) is 6.52. The van der Waals surface area contributed by atoms with E-state index in [4.69, 9.17) is 0 Å². The van der Waals surface area contributed by atoms with Gasteiger partial charge in [-0.3, -0.25) is 4.98 Å². The van der Waals surface area contributed by atoms with Gasteiger partial charge in [-0.15, -0.1) is 0 Å². The molecule has 0 spiro atoms. The molecule has 130 valence electrons. The van der Waals surface area contributed by atoms with E-state index < -0.39 is 0 Å². The lowest BCUT2D eigenvalue weighted by atomic mass is 9.83. The molecule has 3 aliphatic rings. The molecule has 3 aliphatic heterocycles. The van der Waals surface area contributed by atoms with Gasteiger partial charge >= 0.3 is 0 Å². The molecule has 2 fully saturated rings. The molecule has 1 aromatic carbocycles. The Labute approximate surface area is 150 Å². The number of hydrogen-bond acceptors (Lipinski definition) is 3. The van der Waals surface area contributed by atoms with Gasteiger partial charge in [0.1, 0.15) is 0 Å². The van der Waals surface area contributed by atoms with Crippen molar-refractivity contribution in [2.24, 2.45) is 5.92 Å². The van der Waals surface area contributed by atoms with Crippen LogP contribution >= 0.6 is 0 Å². The Morgan fingerprint density at radius 2 is 2.04 bits per heavy atom. The summed E-state index contributed by atoms with van der Waals surface area (Å²) in [5.41, 5.74) is 6.95. The van der Waals surface area contributed by atoms with Gasteiger partial charge < -0.3 is 9.80 Å². The largest absolute Gasteiger partial charge is 0.367 e. The molecule has 2 aromatic rings. The normalized spacial score (nSPS) is 29.6. The highest BCUT2D eigenvalue weighted by atomic mass is 15.3. The van der Waals surface area contributed by atoms with Crippen molar-refractivity contribution >= 4 is 5.69 Å². The minimum atomic E-state index is 0.701. The van der Waals surface area contributed by atoms with Gasteiger partial charge in [0, 0.05) is 49.2 Å². The Hall–Kier alpha value is -1.87. The molecular formula is C22H27N3. The highest BCUT2D eigenvalue weighted by molar-refractivity contribution is 5.64. The van der Waals surface area contributed by atoms with Crippen molar-refractivity contribution in [2.45, 2.75) is 38.6 Å². The van der Waals surface area contributed by atoms with E-state index in [1.165, 1.54) is 42.9 Å². The molecular weight excluding hydrogens is 306 g/mol. The van der Waals surface area contributed by atoms with Crippen LogP contribution in [0.5, 0.6) is 0 Å². The minimum Gasteiger partial charge on any atom is -0.367 e. The number of pyridine rings is 1. The minimum absolute atomic E-state index is 0.701. The molecule has 0 amide bonds. The lowest BCUT2D eigenvalue weighted by molar-refractivity contribution is 0.220. The molecule has 3 heteroatoms. The first-order valence-corrected chi connectivity index (χ1v) is 9.70. The Morgan fingerprint density at radius 1 is 1.12 bits per heavy atom. The molecule has 25 heavy (non-hydrogen) atoms. The molecule has 2 saturated heterocycles. The Bertz CT molecular complexity index is 782. The third kappa shape index (κ3) is 2.56. The number of fused-ring (bicyclic) bond motifs is 6. The van der Waals surface area contributed by atoms with E-state index in [0.717, 1.165) is 24.6 Å². The van der Waals surface area contributed by atoms with E-state index >= 15 is 0 Å². The Kier molecular flexibility index (Phi) is 3.60. The second kappa shape index (κ2) is 5.84. The fourth-order valence-corrected chi connectivity index (χ4v) is 5.33. The smallest absolute Gasteiger partial charge is 0.0412 e. The first-order valence-electron chi connectivity index (χ1n) is 9.70. The van der Waals surface area contributed by atoms with E-state index in [1.54, 1.807) is 5.56 Å². The van der Waals surface area contributed by atoms with Crippen molar-refractivity contribution in [3.63, 3.8) is 0 Å². The summed E-state index contributed by atoms with van der Waals surface area (Å²) in [4.78, 5) is 9.90. The van der Waals surface area contributed by atoms with Crippen LogP contribution in [0.15, 0.2) is 36.5 Å². The standard InChI is InChI=1S/C22H27N3/c1-15-3-6-21-19(11-15)20-14-24-9-8-18(13-24)22(20)25(21)10-7-17-5-4-16(2)23-12-17/h3-6,11-12,18,20,22H,7-10,13-14H2,1-2H3/t18-,20-,22-/m1/s1. The van der Waals surface area contributed by atoms with Crippen LogP contribution in [0.1, 0.15) is 34.7 Å². The van der Waals surface area contributed by atoms with E-state index in [1.807, 2.05) is 0 Å². The molecule has 4 atom stereocenters. The van der Waals surface area contributed by atoms with Crippen LogP contribution in [0.2, 0.25) is 0 Å². The third-order valence-electron chi connectivity index (χ3n) is 6.52. The maximum absolute atomic E-state index is 4.47. The lowest BCUT2D eigenvalue weighted by Crippen LogP contribution is -2.48. The fraction of sp³-hybridized carbons (Fsp3) is 0.500. The second-order valence-corrected chi connectivity index (χ2v) is 8.22. The van der Waals surface area contributed by atoms with Gasteiger partial charge in [0.2, 0.25) is 0 Å². The summed E-state index contributed by atoms with van der Waals surface area (Å²) in [5, 5.41) is 0. The van der Waals surface area contributed by atoms with Gasteiger partial charge in [-0.2, -0.15) is 0 Å². The van der Waals surface area contributed by atoms with Crippen LogP contribution in [0, 0.1) is 19.8 Å². The highest BCUT2D eigenvalue weighted by Crippen LogP contribution is 2.49. The molecule has 0 radical (unpaired) electrons. The maximum Gasteiger partial charge on any atom is 0.0412 e. The van der Waals surface area contributed by atoms with Gasteiger partial charge in [0.25, 0.3) is 0 Å². The second-order valence-electron chi connectivity index (χ2n) is 8.22. The van der Waals surface area contributed by atoms with Gasteiger partial charge in [-0.1, -0.05) is 23.8 Å². The predicted molar refractivity (Wildman–Crippen MR) is 102 cm³/mol. The van der Waals surface area contributed by atoms with E-state index in [-0.39, 0.29) is 0 Å². The maximum atomic E-state index is 4.47. The number of anilines is 1. The van der Waals surface area contributed by atoms with Gasteiger partial charge in [-0.25, -0.2) is 0 Å². The molecule has 2 bridgehead atoms. The number of aromatic nitrogens is 1. The van der Waals surface area contributed by atoms with Crippen molar-refractivity contribution in [1.29, 1.82) is 0 Å². The summed E-state index contributed by atoms with van der Waals surface area (Å²) in [6, 6.07) is 12.2. The number of rotatable bonds is 3. The van der Waals surface area contributed by atoms with E-state index in [0.29, 0.717) is 12.0 Å². The molecule has 5 rings (SSSR count). The van der Waals surface area contributed by atoms with E-state index in [2.05, 4.69) is 65.2 Å². The monoisotopic (exact) mass is 333 g/mol. The van der Waals surface area contributed by atoms with Crippen molar-refractivity contribution in [3.8, 4) is 0 Å². The summed E-state index contributed by atoms with van der Waals surface area (Å²) in [6.07, 6.45) is 4.51. The lowest BCUT2D eigenvalue weighted by Gasteiger charge is -2.39. The molecule has 3 nitrogen and oxygen atoms in total. The summed E-state index contributed by atoms with van der Waals surface area (Å²) in [6.45, 7) is 9.25. The van der Waals surface area contributed by atoms with Crippen molar-refractivity contribution in [2.75, 3.05) is 31.1 Å². The quantitative estimate of drug-likeness (QED) is 0.856. The molecule has 0 saturated carbocycles. The zero-order valence-corrected chi connectivity index (χ0v) is 15.3. The summed E-state index contributed by atoms with van der Waals surface area (Å²) in [7, 11) is 0. The van der Waals surface area contributed by atoms with Crippen LogP contribution in [0.25, 0.3) is 0 Å². The zero-order valence-electron chi connectivity index (χ0n) is 15.3. The van der Waals surface area contributed by atoms with E-state index in [9.17, 15) is 0 Å². The Morgan fingerprint density at radius 3 is 2.88 bits per heavy atom. The van der Waals surface area contributed by atoms with Crippen LogP contribution in [-0.2, 0) is 6.42 Å². The number of hydrogen-bond donors (Lipinski definition) is 0. The van der Waals surface area contributed by atoms with Crippen LogP contribution in [0.3, 0.4) is 0 Å². The average Bonchev–Trinajstić information content (AvgIpc) is 3.14. The predicted octanol–water partition coefficient (Wildman–Crippen LogP) is 3.55. The highest BCUT2D eigenvalue weighted by Gasteiger charge is 2.48. The molecule has 4 heterocycles. The molecule has 0 aliphatic carbocycles. The van der Waals surface area contributed by atoms with Crippen molar-refractivity contribution in [1.82, 2.24) is 9.88 Å². The van der Waals surface area contributed by atoms with Crippen molar-refractivity contribution < 1.29 is 0 Å². The average molecular weight is 333 g/mol. The molecule has 1 aromatic heterocycles. The molecule has 1 unspecified atom stereocenters. The number of aryl methyl sites for hydroxylation is 2. The van der Waals surface area contributed by atoms with Crippen LogP contribution in [-0.4, -0.2) is 42.1 Å². The number of benzene rings is 1. The van der Waals surface area contributed by atoms with Gasteiger partial charge in [0.05, 0.1) is 0 Å². The number of nitrogens with zero attached hydrogens (tertiary/aromatic N) is 3. The van der Waals surface area contributed by atoms with Crippen molar-refractivity contribution in [3.05, 3.63) is 58.9 Å². The van der Waals surface area contributed by atoms with Crippen LogP contribution < -0.4 is 4.90 Å². The SMILES string of the molecule is Cc1ccc2c(c1)[C@H]1CN3CC[C@H](C3)[C@H]1N2CCc1ccc(C)nc1. The summed E-state index contributed by atoms with van der Waals surface area (Å²) in [5.74, 6) is 1.54. The summed E-state index contributed by atoms with van der Waals surface area (Å²) < 4.78 is 0. The zero-order chi connectivity index (χ0) is 17.0. The molecule has 0 N–H and O–H groups in total. The fourth-order valence-electron chi connectivity index (χ4n) is 5.33. The van der Waals surface area contributed by atoms with Gasteiger partial charge in [-0.05, 0) is 62.4 Å².